The number of likely N-dealkylation sites (tertiary alicyclic amines) is 1. The lowest BCUT2D eigenvalue weighted by molar-refractivity contribution is 0.109. The highest BCUT2D eigenvalue weighted by Crippen LogP contribution is 2.33. The number of nitrogens with zero attached hydrogens (tertiary/aromatic N) is 2. The highest BCUT2D eigenvalue weighted by atomic mass is 15.2. The van der Waals surface area contributed by atoms with Crippen molar-refractivity contribution in [2.75, 3.05) is 26.2 Å². The van der Waals surface area contributed by atoms with E-state index >= 15 is 0 Å². The summed E-state index contributed by atoms with van der Waals surface area (Å²) in [6, 6.07) is 23.1. The van der Waals surface area contributed by atoms with Crippen molar-refractivity contribution in [3.63, 3.8) is 0 Å². The number of hydrogen-bond donors (Lipinski definition) is 0. The molecule has 0 saturated carbocycles. The molecule has 0 unspecified atom stereocenters. The van der Waals surface area contributed by atoms with Gasteiger partial charge < -0.3 is 0 Å². The first-order valence-corrected chi connectivity index (χ1v) is 12.0. The fraction of sp³-hybridized carbons (Fsp3) is 0.379. The van der Waals surface area contributed by atoms with E-state index in [1.165, 1.54) is 35.1 Å². The predicted octanol–water partition coefficient (Wildman–Crippen LogP) is 6.39. The van der Waals surface area contributed by atoms with E-state index in [1.54, 1.807) is 0 Å². The molecule has 3 aliphatic rings. The van der Waals surface area contributed by atoms with Crippen LogP contribution in [0.1, 0.15) is 50.3 Å². The Morgan fingerprint density at radius 1 is 0.710 bits per heavy atom. The van der Waals surface area contributed by atoms with Gasteiger partial charge in [0.2, 0.25) is 0 Å². The fourth-order valence-electron chi connectivity index (χ4n) is 5.17. The monoisotopic (exact) mass is 412 g/mol. The van der Waals surface area contributed by atoms with Gasteiger partial charge in [-0.3, -0.25) is 9.80 Å². The van der Waals surface area contributed by atoms with Crippen LogP contribution in [0.3, 0.4) is 0 Å². The normalized spacial score (nSPS) is 19.8. The summed E-state index contributed by atoms with van der Waals surface area (Å²) in [5, 5.41) is 0. The van der Waals surface area contributed by atoms with Crippen LogP contribution in [0.4, 0.5) is 0 Å². The Balaban J connectivity index is 0.00000112. The summed E-state index contributed by atoms with van der Waals surface area (Å²) in [7, 11) is 0. The first-order chi connectivity index (χ1) is 15.4. The van der Waals surface area contributed by atoms with Crippen molar-refractivity contribution in [3.05, 3.63) is 107 Å². The summed E-state index contributed by atoms with van der Waals surface area (Å²) in [5.74, 6) is 0. The fourth-order valence-corrected chi connectivity index (χ4v) is 5.17. The lowest BCUT2D eigenvalue weighted by atomic mass is 9.93. The van der Waals surface area contributed by atoms with Gasteiger partial charge in [-0.1, -0.05) is 98.8 Å². The molecule has 0 N–H and O–H groups in total. The van der Waals surface area contributed by atoms with E-state index < -0.39 is 0 Å². The Labute approximate surface area is 188 Å². The Morgan fingerprint density at radius 3 is 1.68 bits per heavy atom. The van der Waals surface area contributed by atoms with Crippen molar-refractivity contribution < 1.29 is 0 Å². The first kappa shape index (κ1) is 21.8. The van der Waals surface area contributed by atoms with Gasteiger partial charge in [0.05, 0.1) is 6.04 Å². The molecule has 2 nitrogen and oxygen atoms in total. The van der Waals surface area contributed by atoms with Gasteiger partial charge in [0, 0.05) is 32.2 Å². The minimum absolute atomic E-state index is 0.359. The van der Waals surface area contributed by atoms with Crippen LogP contribution in [-0.2, 0) is 0 Å². The Hall–Kier alpha value is -2.42. The molecular weight excluding hydrogens is 376 g/mol. The third kappa shape index (κ3) is 5.08. The van der Waals surface area contributed by atoms with Crippen LogP contribution in [0.15, 0.2) is 96.1 Å². The number of benzene rings is 2. The highest BCUT2D eigenvalue weighted by Gasteiger charge is 2.32. The minimum atomic E-state index is 0.359. The Bertz CT molecular complexity index is 839. The molecule has 0 spiro atoms. The number of piperidine rings is 1. The van der Waals surface area contributed by atoms with Gasteiger partial charge in [-0.15, -0.1) is 0 Å². The second-order valence-corrected chi connectivity index (χ2v) is 8.49. The van der Waals surface area contributed by atoms with E-state index in [4.69, 9.17) is 0 Å². The second-order valence-electron chi connectivity index (χ2n) is 8.49. The molecule has 2 aliphatic heterocycles. The molecule has 2 heterocycles. The zero-order valence-electron chi connectivity index (χ0n) is 19.1. The van der Waals surface area contributed by atoms with Crippen molar-refractivity contribution in [2.45, 2.75) is 45.2 Å². The van der Waals surface area contributed by atoms with Crippen LogP contribution in [0, 0.1) is 0 Å². The molecule has 2 aromatic carbocycles. The van der Waals surface area contributed by atoms with Crippen LogP contribution in [0.2, 0.25) is 0 Å². The molecular formula is C29H36N2. The molecule has 1 aliphatic carbocycles. The quantitative estimate of drug-likeness (QED) is 0.574. The average molecular weight is 413 g/mol. The van der Waals surface area contributed by atoms with Crippen LogP contribution in [0.5, 0.6) is 0 Å². The number of hydrogen-bond acceptors (Lipinski definition) is 2. The summed E-state index contributed by atoms with van der Waals surface area (Å²) < 4.78 is 0. The van der Waals surface area contributed by atoms with E-state index in [0.717, 1.165) is 32.6 Å². The van der Waals surface area contributed by atoms with E-state index in [1.807, 2.05) is 13.8 Å². The largest absolute Gasteiger partial charge is 0.292 e. The molecule has 0 bridgehead atoms. The van der Waals surface area contributed by atoms with Gasteiger partial charge in [-0.25, -0.2) is 0 Å². The summed E-state index contributed by atoms with van der Waals surface area (Å²) in [6.45, 7) is 8.57. The third-order valence-corrected chi connectivity index (χ3v) is 6.68. The number of allylic oxidation sites excluding steroid dienone is 2. The molecule has 2 heteroatoms. The lowest BCUT2D eigenvalue weighted by Crippen LogP contribution is -2.45. The molecule has 0 amide bonds. The van der Waals surface area contributed by atoms with Crippen LogP contribution < -0.4 is 0 Å². The second kappa shape index (κ2) is 10.7. The molecule has 1 fully saturated rings. The van der Waals surface area contributed by atoms with Crippen molar-refractivity contribution in [3.8, 4) is 0 Å². The Kier molecular flexibility index (Phi) is 7.56. The van der Waals surface area contributed by atoms with Crippen LogP contribution >= 0.6 is 0 Å². The first-order valence-electron chi connectivity index (χ1n) is 12.0. The van der Waals surface area contributed by atoms with Crippen molar-refractivity contribution in [1.29, 1.82) is 0 Å². The summed E-state index contributed by atoms with van der Waals surface area (Å²) in [4.78, 5) is 5.40. The van der Waals surface area contributed by atoms with Gasteiger partial charge >= 0.3 is 0 Å². The van der Waals surface area contributed by atoms with Gasteiger partial charge in [-0.05, 0) is 41.5 Å². The molecule has 0 aromatic heterocycles. The minimum Gasteiger partial charge on any atom is -0.292 e. The molecule has 31 heavy (non-hydrogen) atoms. The van der Waals surface area contributed by atoms with Gasteiger partial charge in [0.25, 0.3) is 0 Å². The van der Waals surface area contributed by atoms with Crippen molar-refractivity contribution >= 4 is 0 Å². The average Bonchev–Trinajstić information content (AvgIpc) is 3.12. The summed E-state index contributed by atoms with van der Waals surface area (Å²) >= 11 is 0. The predicted molar refractivity (Wildman–Crippen MR) is 132 cm³/mol. The van der Waals surface area contributed by atoms with Gasteiger partial charge in [0.1, 0.15) is 0 Å². The zero-order valence-corrected chi connectivity index (χ0v) is 19.1. The molecule has 1 saturated heterocycles. The van der Waals surface area contributed by atoms with Crippen LogP contribution in [0.25, 0.3) is 0 Å². The zero-order chi connectivity index (χ0) is 21.5. The topological polar surface area (TPSA) is 6.48 Å². The van der Waals surface area contributed by atoms with Crippen LogP contribution in [-0.4, -0.2) is 42.0 Å². The molecule has 0 radical (unpaired) electrons. The van der Waals surface area contributed by atoms with Gasteiger partial charge in [-0.2, -0.15) is 0 Å². The van der Waals surface area contributed by atoms with E-state index in [2.05, 4.69) is 94.8 Å². The van der Waals surface area contributed by atoms with Crippen molar-refractivity contribution in [2.24, 2.45) is 0 Å². The van der Waals surface area contributed by atoms with E-state index in [-0.39, 0.29) is 0 Å². The summed E-state index contributed by atoms with van der Waals surface area (Å²) in [5.41, 5.74) is 5.88. The third-order valence-electron chi connectivity index (χ3n) is 6.68. The molecule has 2 aromatic rings. The molecule has 5 rings (SSSR count). The standard InChI is InChI=1S/C27H30N2.C2H6/c1-4-10-22(11-5-1)27(23-12-6-2-7-13-23)28-18-16-26(17-19-28)29-20-24-14-8-3-9-15-25(24)21-29;1-2/h1-2,4-15,26-27H,3,16-21H2;1-2H3. The smallest absolute Gasteiger partial charge is 0.0601 e. The van der Waals surface area contributed by atoms with Crippen molar-refractivity contribution in [1.82, 2.24) is 9.80 Å². The SMILES string of the molecule is C1=CC2=C(C=CC1)CN(C1CCN(C(c3ccccc3)c3ccccc3)CC1)C2.CC. The molecule has 162 valence electrons. The highest BCUT2D eigenvalue weighted by molar-refractivity contribution is 5.41. The maximum atomic E-state index is 2.71. The Morgan fingerprint density at radius 2 is 1.19 bits per heavy atom. The molecule has 0 atom stereocenters. The lowest BCUT2D eigenvalue weighted by Gasteiger charge is -2.41. The van der Waals surface area contributed by atoms with E-state index in [9.17, 15) is 0 Å². The maximum Gasteiger partial charge on any atom is 0.0601 e. The van der Waals surface area contributed by atoms with E-state index in [0.29, 0.717) is 12.1 Å². The maximum absolute atomic E-state index is 2.71. The van der Waals surface area contributed by atoms with Gasteiger partial charge in [0.15, 0.2) is 0 Å². The number of rotatable bonds is 4. The summed E-state index contributed by atoms with van der Waals surface area (Å²) in [6.07, 6.45) is 12.9.